The second kappa shape index (κ2) is 19.4. The van der Waals surface area contributed by atoms with Crippen molar-refractivity contribution in [2.45, 2.75) is 97.1 Å². The van der Waals surface area contributed by atoms with Gasteiger partial charge in [0.25, 0.3) is 0 Å². The summed E-state index contributed by atoms with van der Waals surface area (Å²) in [5.74, 6) is -8.35. The number of carbonyl (C=O) groups is 7. The van der Waals surface area contributed by atoms with Crippen molar-refractivity contribution in [3.63, 3.8) is 0 Å². The predicted molar refractivity (Wildman–Crippen MR) is 155 cm³/mol. The minimum absolute atomic E-state index is 0.0205. The Morgan fingerprint density at radius 3 is 1.43 bits per heavy atom. The second-order valence-corrected chi connectivity index (χ2v) is 11.6. The van der Waals surface area contributed by atoms with Crippen molar-refractivity contribution in [3.05, 3.63) is 0 Å². The third kappa shape index (κ3) is 14.6. The molecule has 0 aromatic rings. The quantitative estimate of drug-likeness (QED) is 0.0644. The summed E-state index contributed by atoms with van der Waals surface area (Å²) >= 11 is 0. The Labute approximate surface area is 256 Å². The molecule has 0 bridgehead atoms. The molecule has 44 heavy (non-hydrogen) atoms. The molecule has 0 aliphatic rings. The number of amides is 5. The zero-order valence-corrected chi connectivity index (χ0v) is 26.0. The van der Waals surface area contributed by atoms with Gasteiger partial charge in [0, 0.05) is 0 Å². The average molecular weight is 633 g/mol. The molecule has 0 aliphatic carbocycles. The van der Waals surface area contributed by atoms with Gasteiger partial charge in [0.2, 0.25) is 29.5 Å². The molecule has 0 aromatic heterocycles. The van der Waals surface area contributed by atoms with Gasteiger partial charge in [0.1, 0.15) is 30.2 Å². The maximum absolute atomic E-state index is 13.2. The molecule has 0 aliphatic heterocycles. The Morgan fingerprint density at radius 2 is 1.00 bits per heavy atom. The van der Waals surface area contributed by atoms with Gasteiger partial charge >= 0.3 is 11.9 Å². The standard InChI is InChI=1S/C27H48N6O11/c1-12(2)7-15(28)22(38)31-18(10-34)25(41)29-16(8-13(3)4)23(39)30-17(9-20(36)37)24(40)33-21(14(5)6)26(42)32-19(11-35)27(43)44/h12-19,21,34-35H,7-11,28H2,1-6H3,(H,29,41)(H,30,39)(H,31,38)(H,32,42)(H,33,40)(H,36,37)(H,43,44)/t15-,16-,17-,18-,19-,21-/m0/s1. The highest BCUT2D eigenvalue weighted by atomic mass is 16.4. The van der Waals surface area contributed by atoms with Crippen molar-refractivity contribution in [1.29, 1.82) is 0 Å². The summed E-state index contributed by atoms with van der Waals surface area (Å²) in [6.45, 7) is 8.45. The van der Waals surface area contributed by atoms with Crippen molar-refractivity contribution in [3.8, 4) is 0 Å². The molecule has 17 nitrogen and oxygen atoms in total. The first-order valence-corrected chi connectivity index (χ1v) is 14.3. The summed E-state index contributed by atoms with van der Waals surface area (Å²) in [6.07, 6.45) is -0.575. The summed E-state index contributed by atoms with van der Waals surface area (Å²) < 4.78 is 0. The van der Waals surface area contributed by atoms with Gasteiger partial charge in [-0.2, -0.15) is 0 Å². The average Bonchev–Trinajstić information content (AvgIpc) is 2.90. The van der Waals surface area contributed by atoms with Crippen LogP contribution in [-0.4, -0.2) is 111 Å². The van der Waals surface area contributed by atoms with Crippen LogP contribution in [0.3, 0.4) is 0 Å². The molecular formula is C27H48N6O11. The predicted octanol–water partition coefficient (Wildman–Crippen LogP) is -2.97. The smallest absolute Gasteiger partial charge is 0.328 e. The monoisotopic (exact) mass is 632 g/mol. The molecule has 0 heterocycles. The molecule has 252 valence electrons. The fraction of sp³-hybridized carbons (Fsp3) is 0.741. The van der Waals surface area contributed by atoms with Gasteiger partial charge in [-0.05, 0) is 30.6 Å². The molecule has 17 heteroatoms. The van der Waals surface area contributed by atoms with E-state index < -0.39 is 103 Å². The lowest BCUT2D eigenvalue weighted by Gasteiger charge is -2.28. The number of carboxylic acids is 2. The molecule has 0 rings (SSSR count). The fourth-order valence-electron chi connectivity index (χ4n) is 3.96. The second-order valence-electron chi connectivity index (χ2n) is 11.6. The number of nitrogens with two attached hydrogens (primary N) is 1. The summed E-state index contributed by atoms with van der Waals surface area (Å²) in [5, 5.41) is 48.8. The summed E-state index contributed by atoms with van der Waals surface area (Å²) in [5.41, 5.74) is 5.84. The van der Waals surface area contributed by atoms with Crippen LogP contribution in [0.15, 0.2) is 0 Å². The molecule has 11 N–H and O–H groups in total. The first-order chi connectivity index (χ1) is 20.3. The number of aliphatic hydroxyl groups is 2. The van der Waals surface area contributed by atoms with E-state index >= 15 is 0 Å². The molecule has 0 radical (unpaired) electrons. The maximum atomic E-state index is 13.2. The number of hydrogen-bond donors (Lipinski definition) is 10. The SMILES string of the molecule is CC(C)C[C@H](NC(=O)[C@H](CO)NC(=O)[C@@H](N)CC(C)C)C(=O)N[C@@H](CC(=O)O)C(=O)N[C@H](C(=O)N[C@@H](CO)C(=O)O)C(C)C. The fourth-order valence-corrected chi connectivity index (χ4v) is 3.96. The van der Waals surface area contributed by atoms with Crippen LogP contribution in [-0.2, 0) is 33.6 Å². The summed E-state index contributed by atoms with van der Waals surface area (Å²) in [6, 6.07) is -8.49. The molecule has 0 saturated carbocycles. The van der Waals surface area contributed by atoms with E-state index in [4.69, 9.17) is 10.8 Å². The first-order valence-electron chi connectivity index (χ1n) is 14.3. The number of rotatable bonds is 20. The highest BCUT2D eigenvalue weighted by Crippen LogP contribution is 2.09. The number of nitrogens with one attached hydrogen (secondary N) is 5. The number of aliphatic carboxylic acids is 2. The van der Waals surface area contributed by atoms with Gasteiger partial charge in [0.15, 0.2) is 0 Å². The molecule has 0 fully saturated rings. The lowest BCUT2D eigenvalue weighted by Crippen LogP contribution is -2.60. The van der Waals surface area contributed by atoms with Crippen LogP contribution >= 0.6 is 0 Å². The lowest BCUT2D eigenvalue weighted by molar-refractivity contribution is -0.144. The van der Waals surface area contributed by atoms with E-state index in [1.165, 1.54) is 13.8 Å². The van der Waals surface area contributed by atoms with Crippen LogP contribution in [0, 0.1) is 17.8 Å². The Morgan fingerprint density at radius 1 is 0.568 bits per heavy atom. The van der Waals surface area contributed by atoms with E-state index in [1.54, 1.807) is 13.8 Å². The summed E-state index contributed by atoms with van der Waals surface area (Å²) in [4.78, 5) is 87.0. The molecule has 0 saturated heterocycles. The summed E-state index contributed by atoms with van der Waals surface area (Å²) in [7, 11) is 0. The Kier molecular flexibility index (Phi) is 17.8. The van der Waals surface area contributed by atoms with Crippen molar-refractivity contribution in [2.75, 3.05) is 13.2 Å². The van der Waals surface area contributed by atoms with Crippen molar-refractivity contribution >= 4 is 41.5 Å². The molecule has 0 unspecified atom stereocenters. The van der Waals surface area contributed by atoms with E-state index in [-0.39, 0.29) is 18.3 Å². The number of hydrogen-bond acceptors (Lipinski definition) is 10. The van der Waals surface area contributed by atoms with Gasteiger partial charge in [-0.1, -0.05) is 41.5 Å². The highest BCUT2D eigenvalue weighted by Gasteiger charge is 2.34. The number of aliphatic hydroxyl groups excluding tert-OH is 2. The van der Waals surface area contributed by atoms with Crippen LogP contribution in [0.25, 0.3) is 0 Å². The third-order valence-electron chi connectivity index (χ3n) is 6.27. The molecule has 0 aromatic carbocycles. The number of carboxylic acid groups (broad SMARTS) is 2. The van der Waals surface area contributed by atoms with Gasteiger partial charge in [-0.15, -0.1) is 0 Å². The molecular weight excluding hydrogens is 584 g/mol. The van der Waals surface area contributed by atoms with Gasteiger partial charge in [-0.25, -0.2) is 4.79 Å². The van der Waals surface area contributed by atoms with E-state index in [0.29, 0.717) is 6.42 Å². The number of carbonyl (C=O) groups excluding carboxylic acids is 5. The topological polar surface area (TPSA) is 287 Å². The van der Waals surface area contributed by atoms with Crippen LogP contribution in [0.4, 0.5) is 0 Å². The van der Waals surface area contributed by atoms with E-state index in [2.05, 4.69) is 26.6 Å². The van der Waals surface area contributed by atoms with Crippen LogP contribution in [0.2, 0.25) is 0 Å². The Hall–Kier alpha value is -3.83. The van der Waals surface area contributed by atoms with E-state index in [0.717, 1.165) is 0 Å². The first kappa shape index (κ1) is 40.2. The van der Waals surface area contributed by atoms with E-state index in [1.807, 2.05) is 13.8 Å². The highest BCUT2D eigenvalue weighted by molar-refractivity contribution is 5.97. The zero-order valence-electron chi connectivity index (χ0n) is 26.0. The Balaban J connectivity index is 5.87. The van der Waals surface area contributed by atoms with Gasteiger partial charge in [-0.3, -0.25) is 28.8 Å². The van der Waals surface area contributed by atoms with Crippen LogP contribution in [0.1, 0.15) is 60.8 Å². The van der Waals surface area contributed by atoms with Crippen LogP contribution < -0.4 is 32.3 Å². The zero-order chi connectivity index (χ0) is 34.3. The molecule has 0 spiro atoms. The molecule has 6 atom stereocenters. The Bertz CT molecular complexity index is 1020. The minimum atomic E-state index is -1.73. The minimum Gasteiger partial charge on any atom is -0.481 e. The maximum Gasteiger partial charge on any atom is 0.328 e. The van der Waals surface area contributed by atoms with Crippen LogP contribution in [0.5, 0.6) is 0 Å². The van der Waals surface area contributed by atoms with Gasteiger partial charge in [0.05, 0.1) is 25.7 Å². The third-order valence-corrected chi connectivity index (χ3v) is 6.27. The van der Waals surface area contributed by atoms with Gasteiger partial charge < -0.3 is 52.7 Å². The molecule has 5 amide bonds. The van der Waals surface area contributed by atoms with Crippen molar-refractivity contribution < 1.29 is 54.0 Å². The lowest BCUT2D eigenvalue weighted by atomic mass is 10.0. The largest absolute Gasteiger partial charge is 0.481 e. The van der Waals surface area contributed by atoms with E-state index in [9.17, 15) is 48.9 Å². The normalized spacial score (nSPS) is 15.4. The van der Waals surface area contributed by atoms with Crippen molar-refractivity contribution in [2.24, 2.45) is 23.5 Å². The van der Waals surface area contributed by atoms with Crippen molar-refractivity contribution in [1.82, 2.24) is 26.6 Å².